The van der Waals surface area contributed by atoms with Gasteiger partial charge in [-0.15, -0.1) is 0 Å². The summed E-state index contributed by atoms with van der Waals surface area (Å²) < 4.78 is 0. The minimum Gasteiger partial charge on any atom is -0.398 e. The van der Waals surface area contributed by atoms with Crippen molar-refractivity contribution in [3.8, 4) is 0 Å². The summed E-state index contributed by atoms with van der Waals surface area (Å²) in [5.41, 5.74) is 9.10. The van der Waals surface area contributed by atoms with Crippen LogP contribution in [0, 0.1) is 6.07 Å². The Morgan fingerprint density at radius 1 is 1.07 bits per heavy atom. The van der Waals surface area contributed by atoms with E-state index in [-0.39, 0.29) is 0 Å². The van der Waals surface area contributed by atoms with E-state index >= 15 is 0 Å². The summed E-state index contributed by atoms with van der Waals surface area (Å²) in [4.78, 5) is 0. The standard InChI is InChI=1S/C13H12N/c14-13-9-5-4-8-12(13)10-11-6-2-1-3-7-11/h1-3,5-9H,10,14H2. The Hall–Kier alpha value is -1.76. The maximum Gasteiger partial charge on any atom is 0.0350 e. The monoisotopic (exact) mass is 182 g/mol. The minimum absolute atomic E-state index is 0.840. The van der Waals surface area contributed by atoms with Crippen molar-refractivity contribution in [2.75, 3.05) is 5.73 Å². The lowest BCUT2D eigenvalue weighted by molar-refractivity contribution is 1.20. The minimum atomic E-state index is 0.840. The van der Waals surface area contributed by atoms with Gasteiger partial charge in [-0.2, -0.15) is 0 Å². The topological polar surface area (TPSA) is 26.0 Å². The molecule has 0 saturated heterocycles. The van der Waals surface area contributed by atoms with E-state index in [1.165, 1.54) is 5.56 Å². The fourth-order valence-corrected chi connectivity index (χ4v) is 1.45. The molecule has 69 valence electrons. The van der Waals surface area contributed by atoms with Gasteiger partial charge < -0.3 is 5.73 Å². The Balaban J connectivity index is 2.24. The quantitative estimate of drug-likeness (QED) is 0.710. The fourth-order valence-electron chi connectivity index (χ4n) is 1.45. The molecule has 2 rings (SSSR count). The maximum atomic E-state index is 5.85. The first-order valence-corrected chi connectivity index (χ1v) is 4.64. The summed E-state index contributed by atoms with van der Waals surface area (Å²) in [6.07, 6.45) is 0.879. The molecule has 1 radical (unpaired) electrons. The molecule has 14 heavy (non-hydrogen) atoms. The van der Waals surface area contributed by atoms with Crippen LogP contribution >= 0.6 is 0 Å². The number of benzene rings is 2. The van der Waals surface area contributed by atoms with E-state index in [9.17, 15) is 0 Å². The maximum absolute atomic E-state index is 5.85. The van der Waals surface area contributed by atoms with Crippen LogP contribution < -0.4 is 5.73 Å². The molecule has 1 heteroatoms. The summed E-state index contributed by atoms with van der Waals surface area (Å²) >= 11 is 0. The highest BCUT2D eigenvalue weighted by Gasteiger charge is 1.98. The van der Waals surface area contributed by atoms with Crippen LogP contribution in [0.15, 0.2) is 48.5 Å². The van der Waals surface area contributed by atoms with Crippen LogP contribution in [0.3, 0.4) is 0 Å². The van der Waals surface area contributed by atoms with E-state index in [4.69, 9.17) is 5.73 Å². The van der Waals surface area contributed by atoms with E-state index in [0.717, 1.165) is 17.7 Å². The van der Waals surface area contributed by atoms with Gasteiger partial charge in [0, 0.05) is 5.69 Å². The van der Waals surface area contributed by atoms with Crippen molar-refractivity contribution in [3.05, 3.63) is 65.7 Å². The summed E-state index contributed by atoms with van der Waals surface area (Å²) in [6, 6.07) is 19.0. The van der Waals surface area contributed by atoms with Gasteiger partial charge in [0.1, 0.15) is 0 Å². The molecule has 0 atom stereocenters. The third-order valence-electron chi connectivity index (χ3n) is 2.22. The molecule has 0 unspecified atom stereocenters. The molecule has 2 aromatic carbocycles. The Labute approximate surface area is 84.2 Å². The molecule has 0 aliphatic rings. The predicted molar refractivity (Wildman–Crippen MR) is 58.9 cm³/mol. The van der Waals surface area contributed by atoms with Crippen LogP contribution in [0.5, 0.6) is 0 Å². The van der Waals surface area contributed by atoms with Gasteiger partial charge in [0.2, 0.25) is 0 Å². The van der Waals surface area contributed by atoms with Crippen LogP contribution in [0.2, 0.25) is 0 Å². The Morgan fingerprint density at radius 2 is 1.86 bits per heavy atom. The van der Waals surface area contributed by atoms with Gasteiger partial charge in [0.25, 0.3) is 0 Å². The highest BCUT2D eigenvalue weighted by Crippen LogP contribution is 2.15. The van der Waals surface area contributed by atoms with Crippen LogP contribution in [-0.2, 0) is 6.42 Å². The number of rotatable bonds is 2. The average molecular weight is 182 g/mol. The molecule has 2 N–H and O–H groups in total. The van der Waals surface area contributed by atoms with Gasteiger partial charge >= 0.3 is 0 Å². The van der Waals surface area contributed by atoms with Gasteiger partial charge in [-0.3, -0.25) is 0 Å². The van der Waals surface area contributed by atoms with E-state index < -0.39 is 0 Å². The van der Waals surface area contributed by atoms with E-state index in [1.807, 2.05) is 36.4 Å². The summed E-state index contributed by atoms with van der Waals surface area (Å²) in [6.45, 7) is 0. The molecule has 0 spiro atoms. The van der Waals surface area contributed by atoms with Crippen LogP contribution in [0.25, 0.3) is 0 Å². The summed E-state index contributed by atoms with van der Waals surface area (Å²) in [7, 11) is 0. The van der Waals surface area contributed by atoms with Crippen molar-refractivity contribution in [2.45, 2.75) is 6.42 Å². The second-order valence-corrected chi connectivity index (χ2v) is 3.29. The van der Waals surface area contributed by atoms with Crippen molar-refractivity contribution in [1.82, 2.24) is 0 Å². The van der Waals surface area contributed by atoms with E-state index in [1.54, 1.807) is 0 Å². The fraction of sp³-hybridized carbons (Fsp3) is 0.0769. The SMILES string of the molecule is Nc1cc[c]cc1Cc1ccccc1. The second kappa shape index (κ2) is 3.97. The number of hydrogen-bond acceptors (Lipinski definition) is 1. The van der Waals surface area contributed by atoms with Crippen LogP contribution in [-0.4, -0.2) is 0 Å². The molecular formula is C13H12N. The van der Waals surface area contributed by atoms with Crippen molar-refractivity contribution >= 4 is 5.69 Å². The summed E-state index contributed by atoms with van der Waals surface area (Å²) in [5, 5.41) is 0. The van der Waals surface area contributed by atoms with Crippen molar-refractivity contribution in [3.63, 3.8) is 0 Å². The van der Waals surface area contributed by atoms with Crippen LogP contribution in [0.4, 0.5) is 5.69 Å². The smallest absolute Gasteiger partial charge is 0.0350 e. The molecule has 0 aromatic heterocycles. The van der Waals surface area contributed by atoms with Crippen molar-refractivity contribution in [2.24, 2.45) is 0 Å². The molecule has 0 saturated carbocycles. The van der Waals surface area contributed by atoms with Gasteiger partial charge in [0.05, 0.1) is 0 Å². The molecule has 0 heterocycles. The number of hydrogen-bond donors (Lipinski definition) is 1. The molecule has 0 aliphatic carbocycles. The van der Waals surface area contributed by atoms with Crippen LogP contribution in [0.1, 0.15) is 11.1 Å². The summed E-state index contributed by atoms with van der Waals surface area (Å²) in [5.74, 6) is 0. The Kier molecular flexibility index (Phi) is 2.50. The Bertz CT molecular complexity index is 407. The third-order valence-corrected chi connectivity index (χ3v) is 2.22. The van der Waals surface area contributed by atoms with Gasteiger partial charge in [-0.05, 0) is 35.7 Å². The zero-order chi connectivity index (χ0) is 9.80. The number of nitrogens with two attached hydrogens (primary N) is 1. The van der Waals surface area contributed by atoms with Gasteiger partial charge in [0.15, 0.2) is 0 Å². The largest absolute Gasteiger partial charge is 0.398 e. The van der Waals surface area contributed by atoms with Gasteiger partial charge in [-0.25, -0.2) is 0 Å². The third kappa shape index (κ3) is 1.94. The molecular weight excluding hydrogens is 170 g/mol. The lowest BCUT2D eigenvalue weighted by Gasteiger charge is -2.04. The van der Waals surface area contributed by atoms with Gasteiger partial charge in [-0.1, -0.05) is 36.4 Å². The highest BCUT2D eigenvalue weighted by atomic mass is 14.6. The van der Waals surface area contributed by atoms with Crippen molar-refractivity contribution < 1.29 is 0 Å². The predicted octanol–water partition coefficient (Wildman–Crippen LogP) is 2.66. The lowest BCUT2D eigenvalue weighted by Crippen LogP contribution is -1.94. The zero-order valence-corrected chi connectivity index (χ0v) is 7.90. The normalized spacial score (nSPS) is 10.0. The average Bonchev–Trinajstić information content (AvgIpc) is 2.23. The first-order valence-electron chi connectivity index (χ1n) is 4.64. The first kappa shape index (κ1) is 8.82. The Morgan fingerprint density at radius 3 is 2.57 bits per heavy atom. The molecule has 0 bridgehead atoms. The number of nitrogen functional groups attached to an aromatic ring is 1. The first-order chi connectivity index (χ1) is 6.86. The second-order valence-electron chi connectivity index (χ2n) is 3.29. The molecule has 0 amide bonds. The highest BCUT2D eigenvalue weighted by molar-refractivity contribution is 5.48. The van der Waals surface area contributed by atoms with Crippen molar-refractivity contribution in [1.29, 1.82) is 0 Å². The zero-order valence-electron chi connectivity index (χ0n) is 7.90. The lowest BCUT2D eigenvalue weighted by atomic mass is 10.0. The van der Waals surface area contributed by atoms with E-state index in [0.29, 0.717) is 0 Å². The van der Waals surface area contributed by atoms with E-state index in [2.05, 4.69) is 18.2 Å². The molecule has 0 fully saturated rings. The molecule has 2 aromatic rings. The number of anilines is 1. The molecule has 1 nitrogen and oxygen atoms in total. The molecule has 0 aliphatic heterocycles.